The van der Waals surface area contributed by atoms with Gasteiger partial charge in [0.1, 0.15) is 5.75 Å². The molecule has 0 radical (unpaired) electrons. The molecule has 1 aromatic heterocycles. The van der Waals surface area contributed by atoms with Crippen molar-refractivity contribution in [1.82, 2.24) is 9.78 Å². The fourth-order valence-electron chi connectivity index (χ4n) is 1.66. The average Bonchev–Trinajstić information content (AvgIpc) is 2.62. The highest BCUT2D eigenvalue weighted by Crippen LogP contribution is 2.33. The molecule has 0 aliphatic rings. The molecule has 0 aliphatic heterocycles. The van der Waals surface area contributed by atoms with Crippen molar-refractivity contribution in [2.45, 2.75) is 6.92 Å². The summed E-state index contributed by atoms with van der Waals surface area (Å²) >= 11 is 6.05. The number of hydrogen-bond acceptors (Lipinski definition) is 4. The van der Waals surface area contributed by atoms with E-state index < -0.39 is 0 Å². The third-order valence-electron chi connectivity index (χ3n) is 2.59. The Morgan fingerprint density at radius 1 is 1.44 bits per heavy atom. The van der Waals surface area contributed by atoms with Crippen LogP contribution in [0, 0.1) is 6.92 Å². The molecule has 0 amide bonds. The molecular formula is C12H15ClN4O. The third-order valence-corrected chi connectivity index (χ3v) is 3.00. The Hall–Kier alpha value is -1.88. The van der Waals surface area contributed by atoms with E-state index in [2.05, 4.69) is 10.4 Å². The van der Waals surface area contributed by atoms with Gasteiger partial charge in [-0.05, 0) is 18.6 Å². The van der Waals surface area contributed by atoms with Crippen LogP contribution in [0.15, 0.2) is 18.3 Å². The lowest BCUT2D eigenvalue weighted by Crippen LogP contribution is -1.99. The van der Waals surface area contributed by atoms with Gasteiger partial charge in [-0.2, -0.15) is 5.10 Å². The van der Waals surface area contributed by atoms with Crippen LogP contribution in [0.5, 0.6) is 5.75 Å². The molecule has 96 valence electrons. The maximum atomic E-state index is 6.05. The summed E-state index contributed by atoms with van der Waals surface area (Å²) in [4.78, 5) is 0. The van der Waals surface area contributed by atoms with Crippen LogP contribution < -0.4 is 15.8 Å². The standard InChI is InChI=1S/C12H15ClN4O/c1-7-4-10(11(18-3)5-8(7)13)15-12-9(14)6-17(2)16-12/h4-6H,14H2,1-3H3,(H,15,16). The quantitative estimate of drug-likeness (QED) is 0.897. The summed E-state index contributed by atoms with van der Waals surface area (Å²) in [5, 5.41) is 8.02. The van der Waals surface area contributed by atoms with E-state index in [1.165, 1.54) is 0 Å². The van der Waals surface area contributed by atoms with Crippen LogP contribution in [-0.4, -0.2) is 16.9 Å². The van der Waals surface area contributed by atoms with Gasteiger partial charge in [-0.3, -0.25) is 4.68 Å². The van der Waals surface area contributed by atoms with Crippen molar-refractivity contribution in [2.75, 3.05) is 18.2 Å². The SMILES string of the molecule is COc1cc(Cl)c(C)cc1Nc1nn(C)cc1N. The number of nitrogens with zero attached hydrogens (tertiary/aromatic N) is 2. The van der Waals surface area contributed by atoms with Gasteiger partial charge in [-0.1, -0.05) is 11.6 Å². The Bertz CT molecular complexity index is 580. The highest BCUT2D eigenvalue weighted by molar-refractivity contribution is 6.31. The predicted octanol–water partition coefficient (Wildman–Crippen LogP) is 2.72. The number of aryl methyl sites for hydroxylation is 2. The Morgan fingerprint density at radius 3 is 2.72 bits per heavy atom. The number of rotatable bonds is 3. The van der Waals surface area contributed by atoms with E-state index in [0.29, 0.717) is 22.3 Å². The first-order valence-corrected chi connectivity index (χ1v) is 5.79. The van der Waals surface area contributed by atoms with Crippen molar-refractivity contribution < 1.29 is 4.74 Å². The number of nitrogens with one attached hydrogen (secondary N) is 1. The lowest BCUT2D eigenvalue weighted by atomic mass is 10.2. The van der Waals surface area contributed by atoms with Crippen LogP contribution >= 0.6 is 11.6 Å². The third kappa shape index (κ3) is 2.36. The van der Waals surface area contributed by atoms with Gasteiger partial charge < -0.3 is 15.8 Å². The molecule has 5 nitrogen and oxygen atoms in total. The molecule has 0 bridgehead atoms. The second-order valence-electron chi connectivity index (χ2n) is 4.03. The topological polar surface area (TPSA) is 65.1 Å². The Kier molecular flexibility index (Phi) is 3.34. The van der Waals surface area contributed by atoms with E-state index in [-0.39, 0.29) is 0 Å². The molecule has 18 heavy (non-hydrogen) atoms. The number of halogens is 1. The molecule has 6 heteroatoms. The van der Waals surface area contributed by atoms with Crippen LogP contribution in [0.3, 0.4) is 0 Å². The largest absolute Gasteiger partial charge is 0.495 e. The normalized spacial score (nSPS) is 10.4. The van der Waals surface area contributed by atoms with Gasteiger partial charge in [0, 0.05) is 24.3 Å². The molecule has 2 aromatic rings. The van der Waals surface area contributed by atoms with Crippen LogP contribution in [0.2, 0.25) is 5.02 Å². The van der Waals surface area contributed by atoms with Crippen LogP contribution in [-0.2, 0) is 7.05 Å². The van der Waals surface area contributed by atoms with Gasteiger partial charge in [0.05, 0.1) is 18.5 Å². The van der Waals surface area contributed by atoms with Crippen molar-refractivity contribution in [1.29, 1.82) is 0 Å². The van der Waals surface area contributed by atoms with Crippen LogP contribution in [0.1, 0.15) is 5.56 Å². The number of aromatic nitrogens is 2. The molecule has 1 aromatic carbocycles. The van der Waals surface area contributed by atoms with Gasteiger partial charge in [-0.15, -0.1) is 0 Å². The summed E-state index contributed by atoms with van der Waals surface area (Å²) in [5.41, 5.74) is 8.15. The first-order chi connectivity index (χ1) is 8.51. The molecule has 1 heterocycles. The predicted molar refractivity (Wildman–Crippen MR) is 73.6 cm³/mol. The maximum Gasteiger partial charge on any atom is 0.175 e. The van der Waals surface area contributed by atoms with Crippen molar-refractivity contribution >= 4 is 28.8 Å². The minimum Gasteiger partial charge on any atom is -0.495 e. The van der Waals surface area contributed by atoms with E-state index >= 15 is 0 Å². The first kappa shape index (κ1) is 12.6. The zero-order valence-electron chi connectivity index (χ0n) is 10.5. The summed E-state index contributed by atoms with van der Waals surface area (Å²) in [6, 6.07) is 3.66. The molecule has 2 rings (SSSR count). The molecule has 0 spiro atoms. The minimum absolute atomic E-state index is 0.576. The van der Waals surface area contributed by atoms with Gasteiger partial charge in [0.25, 0.3) is 0 Å². The number of nitrogens with two attached hydrogens (primary N) is 1. The van der Waals surface area contributed by atoms with Crippen LogP contribution in [0.4, 0.5) is 17.2 Å². The maximum absolute atomic E-state index is 6.05. The molecule has 0 unspecified atom stereocenters. The first-order valence-electron chi connectivity index (χ1n) is 5.41. The summed E-state index contributed by atoms with van der Waals surface area (Å²) in [5.74, 6) is 1.24. The van der Waals surface area contributed by atoms with Crippen molar-refractivity contribution in [2.24, 2.45) is 7.05 Å². The minimum atomic E-state index is 0.576. The molecule has 3 N–H and O–H groups in total. The van der Waals surface area contributed by atoms with Crippen molar-refractivity contribution in [3.8, 4) is 5.75 Å². The zero-order chi connectivity index (χ0) is 13.3. The Morgan fingerprint density at radius 2 is 2.17 bits per heavy atom. The Balaban J connectivity index is 2.39. The number of ether oxygens (including phenoxy) is 1. The number of methoxy groups -OCH3 is 1. The lowest BCUT2D eigenvalue weighted by molar-refractivity contribution is 0.416. The second kappa shape index (κ2) is 4.78. The summed E-state index contributed by atoms with van der Waals surface area (Å²) in [6.45, 7) is 1.93. The lowest BCUT2D eigenvalue weighted by Gasteiger charge is -2.12. The fourth-order valence-corrected chi connectivity index (χ4v) is 1.81. The van der Waals surface area contributed by atoms with E-state index in [9.17, 15) is 0 Å². The van der Waals surface area contributed by atoms with E-state index in [4.69, 9.17) is 22.1 Å². The van der Waals surface area contributed by atoms with Crippen LogP contribution in [0.25, 0.3) is 0 Å². The smallest absolute Gasteiger partial charge is 0.175 e. The zero-order valence-corrected chi connectivity index (χ0v) is 11.2. The second-order valence-corrected chi connectivity index (χ2v) is 4.44. The number of nitrogen functional groups attached to an aromatic ring is 1. The number of benzene rings is 1. The number of anilines is 3. The molecule has 0 saturated heterocycles. The van der Waals surface area contributed by atoms with Gasteiger partial charge in [-0.25, -0.2) is 0 Å². The highest BCUT2D eigenvalue weighted by Gasteiger charge is 2.10. The monoisotopic (exact) mass is 266 g/mol. The fraction of sp³-hybridized carbons (Fsp3) is 0.250. The average molecular weight is 267 g/mol. The summed E-state index contributed by atoms with van der Waals surface area (Å²) < 4.78 is 6.92. The molecule has 0 fully saturated rings. The molecule has 0 saturated carbocycles. The van der Waals surface area contributed by atoms with Crippen molar-refractivity contribution in [3.05, 3.63) is 28.9 Å². The van der Waals surface area contributed by atoms with E-state index in [0.717, 1.165) is 11.3 Å². The molecular weight excluding hydrogens is 252 g/mol. The molecule has 0 atom stereocenters. The number of hydrogen-bond donors (Lipinski definition) is 2. The summed E-state index contributed by atoms with van der Waals surface area (Å²) in [6.07, 6.45) is 1.73. The van der Waals surface area contributed by atoms with Gasteiger partial charge in [0.2, 0.25) is 0 Å². The Labute approximate surface area is 110 Å². The van der Waals surface area contributed by atoms with Crippen molar-refractivity contribution in [3.63, 3.8) is 0 Å². The van der Waals surface area contributed by atoms with Gasteiger partial charge >= 0.3 is 0 Å². The summed E-state index contributed by atoms with van der Waals surface area (Å²) in [7, 11) is 3.40. The van der Waals surface area contributed by atoms with Gasteiger partial charge in [0.15, 0.2) is 5.82 Å². The highest BCUT2D eigenvalue weighted by atomic mass is 35.5. The van der Waals surface area contributed by atoms with E-state index in [1.807, 2.05) is 20.0 Å². The van der Waals surface area contributed by atoms with E-state index in [1.54, 1.807) is 24.1 Å². The molecule has 0 aliphatic carbocycles.